The average molecular weight is 382 g/mol. The number of carbonyl (C=O) groups excluding carboxylic acids is 1. The van der Waals surface area contributed by atoms with Crippen LogP contribution in [0.4, 0.5) is 0 Å². The lowest BCUT2D eigenvalue weighted by molar-refractivity contribution is 0.0936. The summed E-state index contributed by atoms with van der Waals surface area (Å²) < 4.78 is 5.13. The second-order valence-electron chi connectivity index (χ2n) is 5.63. The molecule has 1 amide bonds. The van der Waals surface area contributed by atoms with Crippen LogP contribution in [0, 0.1) is 0 Å². The number of carbonyl (C=O) groups is 1. The molecule has 0 spiro atoms. The first-order chi connectivity index (χ1) is 13.1. The second-order valence-corrected chi connectivity index (χ2v) is 6.07. The van der Waals surface area contributed by atoms with Crippen molar-refractivity contribution in [3.8, 4) is 11.4 Å². The minimum atomic E-state index is -0.552. The standard InChI is InChI=1S/C18H12ClN5O3/c19-11-7-5-10(6-8-11)15-22-14(27-24-15)9-20-18(26)16-21-13-4-2-1-3-12(13)17(25)23-16/h1-8H,9H2,(H,20,26)(H,21,23,25). The van der Waals surface area contributed by atoms with Gasteiger partial charge in [-0.2, -0.15) is 4.98 Å². The number of rotatable bonds is 4. The lowest BCUT2D eigenvalue weighted by Crippen LogP contribution is -2.27. The molecule has 0 fully saturated rings. The van der Waals surface area contributed by atoms with Crippen LogP contribution < -0.4 is 10.9 Å². The molecule has 4 rings (SSSR count). The van der Waals surface area contributed by atoms with Crippen LogP contribution in [0.1, 0.15) is 16.5 Å². The van der Waals surface area contributed by atoms with Gasteiger partial charge < -0.3 is 14.8 Å². The molecule has 0 bridgehead atoms. The largest absolute Gasteiger partial charge is 0.340 e. The molecule has 9 heteroatoms. The van der Waals surface area contributed by atoms with Crippen LogP contribution in [0.3, 0.4) is 0 Å². The SMILES string of the molecule is O=C(NCc1nc(-c2ccc(Cl)cc2)no1)c1nc2ccccc2c(=O)[nH]1. The highest BCUT2D eigenvalue weighted by Crippen LogP contribution is 2.18. The van der Waals surface area contributed by atoms with Gasteiger partial charge in [-0.15, -0.1) is 0 Å². The van der Waals surface area contributed by atoms with Gasteiger partial charge >= 0.3 is 0 Å². The third-order valence-electron chi connectivity index (χ3n) is 3.80. The Labute approximate surface area is 157 Å². The van der Waals surface area contributed by atoms with Crippen molar-refractivity contribution in [1.29, 1.82) is 0 Å². The van der Waals surface area contributed by atoms with E-state index >= 15 is 0 Å². The van der Waals surface area contributed by atoms with Crippen molar-refractivity contribution in [3.63, 3.8) is 0 Å². The third kappa shape index (κ3) is 3.56. The summed E-state index contributed by atoms with van der Waals surface area (Å²) in [6.07, 6.45) is 0. The van der Waals surface area contributed by atoms with E-state index in [0.717, 1.165) is 5.56 Å². The maximum absolute atomic E-state index is 12.3. The van der Waals surface area contributed by atoms with E-state index in [-0.39, 0.29) is 23.8 Å². The molecular weight excluding hydrogens is 370 g/mol. The maximum atomic E-state index is 12.3. The monoisotopic (exact) mass is 381 g/mol. The number of halogens is 1. The molecule has 0 saturated carbocycles. The summed E-state index contributed by atoms with van der Waals surface area (Å²) in [6.45, 7) is -0.00401. The van der Waals surface area contributed by atoms with Crippen molar-refractivity contribution >= 4 is 28.4 Å². The van der Waals surface area contributed by atoms with E-state index in [1.54, 1.807) is 48.5 Å². The number of hydrogen-bond donors (Lipinski definition) is 2. The Bertz CT molecular complexity index is 1180. The number of benzene rings is 2. The van der Waals surface area contributed by atoms with Crippen LogP contribution in [-0.2, 0) is 6.54 Å². The van der Waals surface area contributed by atoms with Crippen LogP contribution in [0.5, 0.6) is 0 Å². The molecule has 2 heterocycles. The molecule has 0 unspecified atom stereocenters. The number of aromatic nitrogens is 4. The molecule has 0 radical (unpaired) electrons. The van der Waals surface area contributed by atoms with E-state index in [4.69, 9.17) is 16.1 Å². The average Bonchev–Trinajstić information content (AvgIpc) is 3.15. The highest BCUT2D eigenvalue weighted by Gasteiger charge is 2.14. The summed E-state index contributed by atoms with van der Waals surface area (Å²) in [5.41, 5.74) is 0.795. The molecule has 27 heavy (non-hydrogen) atoms. The molecule has 8 nitrogen and oxygen atoms in total. The molecular formula is C18H12ClN5O3. The van der Waals surface area contributed by atoms with E-state index in [2.05, 4.69) is 25.4 Å². The molecule has 0 atom stereocenters. The molecule has 2 aromatic heterocycles. The van der Waals surface area contributed by atoms with E-state index in [9.17, 15) is 9.59 Å². The van der Waals surface area contributed by atoms with Gasteiger partial charge in [0.05, 0.1) is 17.4 Å². The predicted molar refractivity (Wildman–Crippen MR) is 98.3 cm³/mol. The van der Waals surface area contributed by atoms with Gasteiger partial charge in [0, 0.05) is 10.6 Å². The second kappa shape index (κ2) is 7.00. The molecule has 0 aliphatic carbocycles. The number of hydrogen-bond acceptors (Lipinski definition) is 6. The van der Waals surface area contributed by atoms with Gasteiger partial charge in [0.25, 0.3) is 11.5 Å². The zero-order valence-electron chi connectivity index (χ0n) is 13.8. The van der Waals surface area contributed by atoms with Crippen molar-refractivity contribution in [2.45, 2.75) is 6.54 Å². The van der Waals surface area contributed by atoms with E-state index < -0.39 is 5.91 Å². The number of aromatic amines is 1. The van der Waals surface area contributed by atoms with Crippen LogP contribution in [0.2, 0.25) is 5.02 Å². The number of nitrogens with one attached hydrogen (secondary N) is 2. The fraction of sp³-hybridized carbons (Fsp3) is 0.0556. The molecule has 134 valence electrons. The molecule has 0 aliphatic heterocycles. The quantitative estimate of drug-likeness (QED) is 0.561. The van der Waals surface area contributed by atoms with Crippen LogP contribution >= 0.6 is 11.6 Å². The Kier molecular flexibility index (Phi) is 4.39. The first-order valence-electron chi connectivity index (χ1n) is 7.96. The highest BCUT2D eigenvalue weighted by molar-refractivity contribution is 6.30. The minimum Gasteiger partial charge on any atom is -0.340 e. The van der Waals surface area contributed by atoms with Crippen molar-refractivity contribution in [2.24, 2.45) is 0 Å². The summed E-state index contributed by atoms with van der Waals surface area (Å²) in [7, 11) is 0. The number of fused-ring (bicyclic) bond motifs is 1. The first-order valence-corrected chi connectivity index (χ1v) is 8.34. The molecule has 0 saturated heterocycles. The maximum Gasteiger partial charge on any atom is 0.287 e. The zero-order valence-corrected chi connectivity index (χ0v) is 14.5. The van der Waals surface area contributed by atoms with E-state index in [1.807, 2.05) is 0 Å². The van der Waals surface area contributed by atoms with Crippen LogP contribution in [-0.4, -0.2) is 26.0 Å². The van der Waals surface area contributed by atoms with Gasteiger partial charge in [-0.3, -0.25) is 9.59 Å². The lowest BCUT2D eigenvalue weighted by atomic mass is 10.2. The molecule has 4 aromatic rings. The Morgan fingerprint density at radius 2 is 1.89 bits per heavy atom. The zero-order chi connectivity index (χ0) is 18.8. The molecule has 0 aliphatic rings. The minimum absolute atomic E-state index is 0.00401. The van der Waals surface area contributed by atoms with Crippen molar-refractivity contribution in [2.75, 3.05) is 0 Å². The van der Waals surface area contributed by atoms with Gasteiger partial charge in [-0.1, -0.05) is 28.9 Å². The Morgan fingerprint density at radius 3 is 2.70 bits per heavy atom. The van der Waals surface area contributed by atoms with Crippen molar-refractivity contribution in [1.82, 2.24) is 25.4 Å². The van der Waals surface area contributed by atoms with Gasteiger partial charge in [0.15, 0.2) is 5.82 Å². The summed E-state index contributed by atoms with van der Waals surface area (Å²) in [6, 6.07) is 13.7. The summed E-state index contributed by atoms with van der Waals surface area (Å²) in [5.74, 6) is -0.0372. The Morgan fingerprint density at radius 1 is 1.11 bits per heavy atom. The van der Waals surface area contributed by atoms with Crippen molar-refractivity contribution in [3.05, 3.63) is 75.6 Å². The van der Waals surface area contributed by atoms with Gasteiger partial charge in [-0.25, -0.2) is 4.98 Å². The van der Waals surface area contributed by atoms with E-state index in [1.165, 1.54) is 0 Å². The van der Waals surface area contributed by atoms with Crippen molar-refractivity contribution < 1.29 is 9.32 Å². The fourth-order valence-electron chi connectivity index (χ4n) is 2.48. The van der Waals surface area contributed by atoms with E-state index in [0.29, 0.717) is 21.7 Å². The smallest absolute Gasteiger partial charge is 0.287 e. The third-order valence-corrected chi connectivity index (χ3v) is 4.05. The first kappa shape index (κ1) is 16.9. The van der Waals surface area contributed by atoms with Gasteiger partial charge in [-0.05, 0) is 36.4 Å². The van der Waals surface area contributed by atoms with Crippen LogP contribution in [0.25, 0.3) is 22.3 Å². The van der Waals surface area contributed by atoms with Crippen LogP contribution in [0.15, 0.2) is 57.8 Å². The summed E-state index contributed by atoms with van der Waals surface area (Å²) in [4.78, 5) is 35.2. The highest BCUT2D eigenvalue weighted by atomic mass is 35.5. The van der Waals surface area contributed by atoms with Gasteiger partial charge in [0.2, 0.25) is 11.7 Å². The number of para-hydroxylation sites is 1. The number of amides is 1. The fourth-order valence-corrected chi connectivity index (χ4v) is 2.60. The molecule has 2 N–H and O–H groups in total. The topological polar surface area (TPSA) is 114 Å². The summed E-state index contributed by atoms with van der Waals surface area (Å²) >= 11 is 5.85. The number of H-pyrrole nitrogens is 1. The predicted octanol–water partition coefficient (Wildman–Crippen LogP) is 2.56. The lowest BCUT2D eigenvalue weighted by Gasteiger charge is -2.03. The normalized spacial score (nSPS) is 10.9. The Balaban J connectivity index is 1.48. The van der Waals surface area contributed by atoms with Gasteiger partial charge in [0.1, 0.15) is 0 Å². The number of nitrogens with zero attached hydrogens (tertiary/aromatic N) is 3. The summed E-state index contributed by atoms with van der Waals surface area (Å²) in [5, 5.41) is 7.48. The molecule has 2 aromatic carbocycles. The Hall–Kier alpha value is -3.52.